The minimum Gasteiger partial charge on any atom is -0.457 e. The van der Waals surface area contributed by atoms with Crippen molar-refractivity contribution in [3.05, 3.63) is 317 Å². The molecule has 12 aromatic carbocycles. The van der Waals surface area contributed by atoms with Crippen LogP contribution < -0.4 is 14.4 Å². The summed E-state index contributed by atoms with van der Waals surface area (Å²) >= 11 is 0. The van der Waals surface area contributed by atoms with Gasteiger partial charge in [0.1, 0.15) is 34.2 Å². The molecule has 4 aliphatic rings. The first-order valence-electron chi connectivity index (χ1n) is 26.8. The highest BCUT2D eigenvalue weighted by Gasteiger charge is 2.53. The van der Waals surface area contributed by atoms with Crippen LogP contribution in [0.25, 0.3) is 66.4 Å². The number of hydrogen-bond donors (Lipinski definition) is 0. The third-order valence-electron chi connectivity index (χ3n) is 17.2. The zero-order chi connectivity index (χ0) is 51.1. The highest BCUT2D eigenvalue weighted by molar-refractivity contribution is 6.06. The minimum absolute atomic E-state index is 0.576. The van der Waals surface area contributed by atoms with E-state index in [1.807, 2.05) is 12.1 Å². The second-order valence-electron chi connectivity index (χ2n) is 21.0. The van der Waals surface area contributed by atoms with Crippen molar-refractivity contribution in [1.29, 1.82) is 0 Å². The van der Waals surface area contributed by atoms with Crippen molar-refractivity contribution in [3.63, 3.8) is 0 Å². The van der Waals surface area contributed by atoms with E-state index >= 15 is 0 Å². The fraction of sp³-hybridized carbons (Fsp3) is 0.0270. The van der Waals surface area contributed by atoms with E-state index in [0.717, 1.165) is 107 Å². The van der Waals surface area contributed by atoms with Gasteiger partial charge in [0.25, 0.3) is 0 Å². The first-order chi connectivity index (χ1) is 38.6. The fourth-order valence-corrected chi connectivity index (χ4v) is 14.0. The number of ether oxygens (including phenoxy) is 2. The average Bonchev–Trinajstić information content (AvgIpc) is 4.29. The van der Waals surface area contributed by atoms with Gasteiger partial charge in [-0.15, -0.1) is 0 Å². The summed E-state index contributed by atoms with van der Waals surface area (Å²) in [7, 11) is 0. The van der Waals surface area contributed by atoms with Gasteiger partial charge in [-0.05, 0) is 152 Å². The summed E-state index contributed by atoms with van der Waals surface area (Å²) < 4.78 is 19.7. The molecule has 13 aromatic rings. The van der Waals surface area contributed by atoms with Crippen molar-refractivity contribution in [1.82, 2.24) is 0 Å². The smallest absolute Gasteiger partial charge is 0.135 e. The number of para-hydroxylation sites is 5. The van der Waals surface area contributed by atoms with Gasteiger partial charge in [-0.2, -0.15) is 0 Å². The molecule has 4 nitrogen and oxygen atoms in total. The lowest BCUT2D eigenvalue weighted by Crippen LogP contribution is -2.32. The van der Waals surface area contributed by atoms with Crippen LogP contribution in [0.3, 0.4) is 0 Å². The van der Waals surface area contributed by atoms with Crippen LogP contribution in [-0.4, -0.2) is 0 Å². The normalized spacial score (nSPS) is 14.1. The van der Waals surface area contributed by atoms with Crippen LogP contribution in [0.15, 0.2) is 277 Å². The molecule has 0 fully saturated rings. The van der Waals surface area contributed by atoms with Gasteiger partial charge in [0.05, 0.1) is 10.8 Å². The van der Waals surface area contributed by atoms with Gasteiger partial charge in [-0.25, -0.2) is 0 Å². The zero-order valence-electron chi connectivity index (χ0n) is 42.2. The van der Waals surface area contributed by atoms with E-state index in [0.29, 0.717) is 0 Å². The van der Waals surface area contributed by atoms with Crippen molar-refractivity contribution in [2.75, 3.05) is 4.90 Å². The maximum Gasteiger partial charge on any atom is 0.135 e. The molecule has 2 aliphatic heterocycles. The van der Waals surface area contributed by atoms with E-state index in [1.165, 1.54) is 44.5 Å². The van der Waals surface area contributed by atoms with Gasteiger partial charge in [-0.3, -0.25) is 0 Å². The van der Waals surface area contributed by atoms with Crippen molar-refractivity contribution in [2.45, 2.75) is 10.8 Å². The van der Waals surface area contributed by atoms with Gasteiger partial charge < -0.3 is 18.8 Å². The summed E-state index contributed by atoms with van der Waals surface area (Å²) in [6, 6.07) is 99.4. The van der Waals surface area contributed by atoms with Gasteiger partial charge in [0.2, 0.25) is 0 Å². The first kappa shape index (κ1) is 43.1. The van der Waals surface area contributed by atoms with Crippen LogP contribution in [0.1, 0.15) is 44.5 Å². The zero-order valence-corrected chi connectivity index (χ0v) is 42.2. The minimum atomic E-state index is -0.625. The van der Waals surface area contributed by atoms with E-state index in [9.17, 15) is 0 Å². The number of hydrogen-bond acceptors (Lipinski definition) is 4. The Hall–Kier alpha value is -10.2. The molecule has 78 heavy (non-hydrogen) atoms. The molecule has 1 aromatic heterocycles. The lowest BCUT2D eigenvalue weighted by Gasteiger charge is -2.39. The van der Waals surface area contributed by atoms with Crippen LogP contribution in [0.5, 0.6) is 23.0 Å². The molecule has 0 bridgehead atoms. The molecule has 0 atom stereocenters. The standard InChI is InChI=1S/C74H45NO3/c1-4-21-59-53(18-1)55-39-34-49(44-65(55)73(59)61-23-6-11-28-69(61)77-70-29-12-7-24-62(70)73)47-16-15-17-51(42-47)75(50-36-32-46(33-37-50)48-35-41-68-58(43-48)57-20-3-10-27-67(57)76-68)52-38-40-56-54-19-2-5-22-60(54)74(66(56)45-52)63-25-8-13-30-71(63)78-72-31-14-9-26-64(72)74/h1-45H. The highest BCUT2D eigenvalue weighted by atomic mass is 16.5. The monoisotopic (exact) mass is 995 g/mol. The SMILES string of the molecule is c1cc(-c2ccc3c(c2)C2(c4ccccc4Oc4ccccc42)c2ccccc2-3)cc(N(c2ccc(-c3ccc4oc5ccccc5c4c3)cc2)c2ccc3c(c2)C2(c4ccccc4Oc4ccccc42)c2ccccc2-3)c1. The van der Waals surface area contributed by atoms with Gasteiger partial charge >= 0.3 is 0 Å². The van der Waals surface area contributed by atoms with Crippen molar-refractivity contribution < 1.29 is 13.9 Å². The topological polar surface area (TPSA) is 34.8 Å². The largest absolute Gasteiger partial charge is 0.457 e. The number of rotatable bonds is 5. The van der Waals surface area contributed by atoms with E-state index in [-0.39, 0.29) is 0 Å². The van der Waals surface area contributed by atoms with Crippen molar-refractivity contribution in [3.8, 4) is 67.5 Å². The van der Waals surface area contributed by atoms with E-state index in [4.69, 9.17) is 13.9 Å². The Bertz CT molecular complexity index is 4570. The van der Waals surface area contributed by atoms with Gasteiger partial charge in [0.15, 0.2) is 0 Å². The third kappa shape index (κ3) is 5.83. The molecule has 2 spiro atoms. The quantitative estimate of drug-likeness (QED) is 0.172. The number of anilines is 3. The lowest BCUT2D eigenvalue weighted by molar-refractivity contribution is 0.436. The molecule has 0 radical (unpaired) electrons. The van der Waals surface area contributed by atoms with Crippen molar-refractivity contribution in [2.24, 2.45) is 0 Å². The summed E-state index contributed by atoms with van der Waals surface area (Å²) in [5.41, 5.74) is 22.8. The van der Waals surface area contributed by atoms with E-state index in [1.54, 1.807) is 0 Å². The van der Waals surface area contributed by atoms with Crippen LogP contribution in [0.4, 0.5) is 17.1 Å². The maximum atomic E-state index is 6.75. The van der Waals surface area contributed by atoms with E-state index in [2.05, 4.69) is 266 Å². The molecular formula is C74H45NO3. The molecule has 4 heteroatoms. The van der Waals surface area contributed by atoms with Crippen LogP contribution >= 0.6 is 0 Å². The highest BCUT2D eigenvalue weighted by Crippen LogP contribution is 2.64. The summed E-state index contributed by atoms with van der Waals surface area (Å²) in [5.74, 6) is 3.52. The molecule has 2 aliphatic carbocycles. The van der Waals surface area contributed by atoms with Gasteiger partial charge in [-0.1, -0.05) is 188 Å². The second-order valence-corrected chi connectivity index (χ2v) is 21.0. The Morgan fingerprint density at radius 2 is 0.667 bits per heavy atom. The summed E-state index contributed by atoms with van der Waals surface area (Å²) in [5, 5.41) is 2.23. The molecule has 3 heterocycles. The molecule has 364 valence electrons. The third-order valence-corrected chi connectivity index (χ3v) is 17.2. The van der Waals surface area contributed by atoms with Crippen LogP contribution in [0.2, 0.25) is 0 Å². The molecule has 0 amide bonds. The molecule has 17 rings (SSSR count). The van der Waals surface area contributed by atoms with Crippen molar-refractivity contribution >= 4 is 39.0 Å². The molecule has 0 saturated heterocycles. The van der Waals surface area contributed by atoms with Crippen LogP contribution in [0, 0.1) is 0 Å². The Labute approximate surface area is 451 Å². The average molecular weight is 996 g/mol. The Morgan fingerprint density at radius 3 is 1.28 bits per heavy atom. The Kier molecular flexibility index (Phi) is 8.94. The molecule has 0 unspecified atom stereocenters. The Morgan fingerprint density at radius 1 is 0.244 bits per heavy atom. The Balaban J connectivity index is 0.861. The van der Waals surface area contributed by atoms with E-state index < -0.39 is 10.8 Å². The predicted molar refractivity (Wildman–Crippen MR) is 314 cm³/mol. The number of benzene rings is 12. The predicted octanol–water partition coefficient (Wildman–Crippen LogP) is 19.3. The first-order valence-corrected chi connectivity index (χ1v) is 26.8. The molecular weight excluding hydrogens is 951 g/mol. The summed E-state index contributed by atoms with van der Waals surface area (Å²) in [6.07, 6.45) is 0. The maximum absolute atomic E-state index is 6.75. The van der Waals surface area contributed by atoms with Crippen LogP contribution in [-0.2, 0) is 10.8 Å². The fourth-order valence-electron chi connectivity index (χ4n) is 14.0. The number of nitrogens with zero attached hydrogens (tertiary/aromatic N) is 1. The number of fused-ring (bicyclic) bond motifs is 21. The number of furan rings is 1. The lowest BCUT2D eigenvalue weighted by atomic mass is 9.66. The summed E-state index contributed by atoms with van der Waals surface area (Å²) in [6.45, 7) is 0. The summed E-state index contributed by atoms with van der Waals surface area (Å²) in [4.78, 5) is 2.43. The van der Waals surface area contributed by atoms with Gasteiger partial charge in [0, 0.05) is 50.1 Å². The second kappa shape index (κ2) is 16.2. The molecule has 0 saturated carbocycles. The molecule has 0 N–H and O–H groups in total.